The Morgan fingerprint density at radius 1 is 1.33 bits per heavy atom. The van der Waals surface area contributed by atoms with Gasteiger partial charge in [0, 0.05) is 6.42 Å². The number of ether oxygens (including phenoxy) is 1. The highest BCUT2D eigenvalue weighted by Crippen LogP contribution is 2.24. The summed E-state index contributed by atoms with van der Waals surface area (Å²) in [5, 5.41) is 0. The average Bonchev–Trinajstić information content (AvgIpc) is 1.99. The van der Waals surface area contributed by atoms with Crippen LogP contribution in [0.25, 0.3) is 0 Å². The summed E-state index contributed by atoms with van der Waals surface area (Å²) in [7, 11) is 0. The Balaban J connectivity index is 4.50. The zero-order valence-electron chi connectivity index (χ0n) is 10.2. The molecule has 0 aromatic heterocycles. The van der Waals surface area contributed by atoms with Gasteiger partial charge in [-0.05, 0) is 26.2 Å². The smallest absolute Gasteiger partial charge is 0.324 e. The summed E-state index contributed by atoms with van der Waals surface area (Å²) in [6.45, 7) is 8.89. The van der Waals surface area contributed by atoms with Crippen molar-refractivity contribution in [3.05, 3.63) is 0 Å². The summed E-state index contributed by atoms with van der Waals surface area (Å²) in [5.74, 6) is -0.464. The Labute approximate surface area is 91.2 Å². The third-order valence-electron chi connectivity index (χ3n) is 2.11. The first-order valence-electron chi connectivity index (χ1n) is 5.02. The van der Waals surface area contributed by atoms with Gasteiger partial charge in [-0.2, -0.15) is 0 Å². The van der Waals surface area contributed by atoms with Crippen molar-refractivity contribution in [2.24, 2.45) is 11.1 Å². The molecule has 0 rings (SSSR count). The fraction of sp³-hybridized carbons (Fsp3) is 0.818. The number of carbonyl (C=O) groups is 2. The second-order valence-electron chi connectivity index (χ2n) is 5.37. The lowest BCUT2D eigenvalue weighted by Crippen LogP contribution is -2.47. The predicted octanol–water partition coefficient (Wildman–Crippen LogP) is 1.27. The fourth-order valence-electron chi connectivity index (χ4n) is 1.03. The predicted molar refractivity (Wildman–Crippen MR) is 58.3 cm³/mol. The summed E-state index contributed by atoms with van der Waals surface area (Å²) < 4.78 is 5.15. The van der Waals surface area contributed by atoms with E-state index in [1.807, 2.05) is 0 Å². The second-order valence-corrected chi connectivity index (χ2v) is 5.37. The highest BCUT2D eigenvalue weighted by molar-refractivity contribution is 5.77. The van der Waals surface area contributed by atoms with Gasteiger partial charge in [-0.3, -0.25) is 4.79 Å². The minimum absolute atomic E-state index is 0.243. The van der Waals surface area contributed by atoms with Gasteiger partial charge >= 0.3 is 5.97 Å². The zero-order valence-corrected chi connectivity index (χ0v) is 10.2. The van der Waals surface area contributed by atoms with E-state index in [9.17, 15) is 9.59 Å². The highest BCUT2D eigenvalue weighted by Gasteiger charge is 2.34. The van der Waals surface area contributed by atoms with Crippen LogP contribution in [-0.4, -0.2) is 23.9 Å². The highest BCUT2D eigenvalue weighted by atomic mass is 16.6. The van der Waals surface area contributed by atoms with E-state index in [-0.39, 0.29) is 6.42 Å². The molecule has 0 spiro atoms. The normalized spacial score (nSPS) is 14.5. The van der Waals surface area contributed by atoms with Crippen LogP contribution in [0, 0.1) is 5.41 Å². The molecule has 1 atom stereocenters. The number of esters is 1. The van der Waals surface area contributed by atoms with Crippen molar-refractivity contribution in [1.29, 1.82) is 0 Å². The third-order valence-corrected chi connectivity index (χ3v) is 2.11. The van der Waals surface area contributed by atoms with Gasteiger partial charge in [-0.25, -0.2) is 0 Å². The van der Waals surface area contributed by atoms with Gasteiger partial charge in [0.05, 0.1) is 0 Å². The van der Waals surface area contributed by atoms with Crippen molar-refractivity contribution in [1.82, 2.24) is 0 Å². The molecule has 15 heavy (non-hydrogen) atoms. The molecule has 0 saturated carbocycles. The average molecular weight is 215 g/mol. The van der Waals surface area contributed by atoms with Gasteiger partial charge in [0.1, 0.15) is 17.9 Å². The summed E-state index contributed by atoms with van der Waals surface area (Å²) >= 11 is 0. The van der Waals surface area contributed by atoms with Crippen molar-refractivity contribution in [3.63, 3.8) is 0 Å². The fourth-order valence-corrected chi connectivity index (χ4v) is 1.03. The number of nitrogens with two attached hydrogens (primary N) is 1. The van der Waals surface area contributed by atoms with Crippen molar-refractivity contribution in [2.75, 3.05) is 0 Å². The van der Waals surface area contributed by atoms with E-state index >= 15 is 0 Å². The van der Waals surface area contributed by atoms with E-state index in [1.165, 1.54) is 0 Å². The lowest BCUT2D eigenvalue weighted by atomic mass is 9.82. The number of aldehydes is 1. The van der Waals surface area contributed by atoms with Gasteiger partial charge in [-0.1, -0.05) is 13.8 Å². The molecule has 1 unspecified atom stereocenters. The van der Waals surface area contributed by atoms with Crippen LogP contribution in [0.2, 0.25) is 0 Å². The van der Waals surface area contributed by atoms with Crippen molar-refractivity contribution in [3.8, 4) is 0 Å². The van der Waals surface area contributed by atoms with E-state index in [0.717, 1.165) is 6.29 Å². The molecule has 0 radical (unpaired) electrons. The second kappa shape index (κ2) is 4.75. The Kier molecular flexibility index (Phi) is 4.46. The molecular formula is C11H21NO3. The maximum absolute atomic E-state index is 11.6. The first-order chi connectivity index (χ1) is 6.60. The third kappa shape index (κ3) is 4.93. The number of rotatable bonds is 4. The monoisotopic (exact) mass is 215 g/mol. The Hall–Kier alpha value is -0.900. The van der Waals surface area contributed by atoms with Crippen LogP contribution in [0.15, 0.2) is 0 Å². The lowest BCUT2D eigenvalue weighted by molar-refractivity contribution is -0.159. The first-order valence-corrected chi connectivity index (χ1v) is 5.02. The van der Waals surface area contributed by atoms with E-state index in [2.05, 4.69) is 0 Å². The summed E-state index contributed by atoms with van der Waals surface area (Å²) in [6, 6.07) is -0.776. The van der Waals surface area contributed by atoms with Crippen molar-refractivity contribution in [2.45, 2.75) is 52.7 Å². The largest absolute Gasteiger partial charge is 0.459 e. The maximum atomic E-state index is 11.6. The molecule has 2 N–H and O–H groups in total. The van der Waals surface area contributed by atoms with E-state index < -0.39 is 23.0 Å². The summed E-state index contributed by atoms with van der Waals surface area (Å²) in [6.07, 6.45) is 1.01. The van der Waals surface area contributed by atoms with Crippen LogP contribution in [0.5, 0.6) is 0 Å². The van der Waals surface area contributed by atoms with Crippen molar-refractivity contribution >= 4 is 12.3 Å². The molecule has 0 aromatic carbocycles. The molecule has 0 fully saturated rings. The molecule has 0 heterocycles. The van der Waals surface area contributed by atoms with Gasteiger partial charge in [0.2, 0.25) is 0 Å². The van der Waals surface area contributed by atoms with Crippen LogP contribution >= 0.6 is 0 Å². The zero-order chi connectivity index (χ0) is 12.3. The molecule has 4 nitrogen and oxygen atoms in total. The minimum atomic E-state index is -0.776. The van der Waals surface area contributed by atoms with Gasteiger partial charge < -0.3 is 15.3 Å². The quantitative estimate of drug-likeness (QED) is 0.566. The number of hydrogen-bond acceptors (Lipinski definition) is 4. The molecule has 0 amide bonds. The maximum Gasteiger partial charge on any atom is 0.324 e. The van der Waals surface area contributed by atoms with E-state index in [0.29, 0.717) is 0 Å². The van der Waals surface area contributed by atoms with Gasteiger partial charge in [0.15, 0.2) is 0 Å². The molecule has 0 bridgehead atoms. The van der Waals surface area contributed by atoms with Crippen LogP contribution < -0.4 is 5.73 Å². The van der Waals surface area contributed by atoms with Crippen LogP contribution in [-0.2, 0) is 14.3 Å². The molecule has 88 valence electrons. The van der Waals surface area contributed by atoms with Crippen LogP contribution in [0.3, 0.4) is 0 Å². The number of carbonyl (C=O) groups excluding carboxylic acids is 2. The Morgan fingerprint density at radius 3 is 2.13 bits per heavy atom. The molecular weight excluding hydrogens is 194 g/mol. The molecule has 0 aliphatic heterocycles. The summed E-state index contributed by atoms with van der Waals surface area (Å²) in [5.41, 5.74) is 4.64. The topological polar surface area (TPSA) is 69.4 Å². The standard InChI is InChI=1S/C11H21NO3/c1-10(2,3)15-9(14)8(12)11(4,5)6-7-13/h7-8H,6,12H2,1-5H3. The Morgan fingerprint density at radius 2 is 1.80 bits per heavy atom. The van der Waals surface area contributed by atoms with Gasteiger partial charge in [-0.15, -0.1) is 0 Å². The van der Waals surface area contributed by atoms with Crippen LogP contribution in [0.4, 0.5) is 0 Å². The SMILES string of the molecule is CC(C)(C)OC(=O)C(N)C(C)(C)CC=O. The molecule has 0 aromatic rings. The molecule has 0 aliphatic rings. The van der Waals surface area contributed by atoms with Gasteiger partial charge in [0.25, 0.3) is 0 Å². The molecule has 0 aliphatic carbocycles. The first kappa shape index (κ1) is 14.1. The van der Waals surface area contributed by atoms with Crippen LogP contribution in [0.1, 0.15) is 41.0 Å². The Bertz CT molecular complexity index is 241. The summed E-state index contributed by atoms with van der Waals surface area (Å²) in [4.78, 5) is 22.0. The molecule has 4 heteroatoms. The lowest BCUT2D eigenvalue weighted by Gasteiger charge is -2.30. The number of hydrogen-bond donors (Lipinski definition) is 1. The van der Waals surface area contributed by atoms with E-state index in [4.69, 9.17) is 10.5 Å². The van der Waals surface area contributed by atoms with E-state index in [1.54, 1.807) is 34.6 Å². The molecule has 0 saturated heterocycles. The minimum Gasteiger partial charge on any atom is -0.459 e. The van der Waals surface area contributed by atoms with Crippen molar-refractivity contribution < 1.29 is 14.3 Å².